The van der Waals surface area contributed by atoms with Crippen LogP contribution in [0.15, 0.2) is 0 Å². The summed E-state index contributed by atoms with van der Waals surface area (Å²) in [6.45, 7) is 4.93. The number of aromatic nitrogens is 2. The Morgan fingerprint density at radius 3 is 2.80 bits per heavy atom. The molecule has 0 unspecified atom stereocenters. The van der Waals surface area contributed by atoms with Crippen LogP contribution in [0.1, 0.15) is 38.3 Å². The number of ether oxygens (including phenoxy) is 1. The highest BCUT2D eigenvalue weighted by Gasteiger charge is 2.23. The molecule has 0 saturated heterocycles. The summed E-state index contributed by atoms with van der Waals surface area (Å²) < 4.78 is 7.75. The van der Waals surface area contributed by atoms with Crippen molar-refractivity contribution in [2.75, 3.05) is 5.73 Å². The van der Waals surface area contributed by atoms with Crippen molar-refractivity contribution >= 4 is 5.69 Å². The van der Waals surface area contributed by atoms with Crippen LogP contribution >= 0.6 is 0 Å². The molecule has 1 aromatic heterocycles. The van der Waals surface area contributed by atoms with Gasteiger partial charge in [-0.1, -0.05) is 6.92 Å². The first-order chi connectivity index (χ1) is 7.22. The van der Waals surface area contributed by atoms with Crippen LogP contribution in [0.5, 0.6) is 5.88 Å². The van der Waals surface area contributed by atoms with E-state index < -0.39 is 0 Å². The maximum Gasteiger partial charge on any atom is 0.236 e. The van der Waals surface area contributed by atoms with Crippen molar-refractivity contribution in [1.82, 2.24) is 9.78 Å². The van der Waals surface area contributed by atoms with Crippen molar-refractivity contribution in [2.45, 2.75) is 52.2 Å². The van der Waals surface area contributed by atoms with Crippen molar-refractivity contribution < 1.29 is 4.74 Å². The molecule has 1 saturated carbocycles. The van der Waals surface area contributed by atoms with Crippen LogP contribution in [-0.4, -0.2) is 15.9 Å². The summed E-state index contributed by atoms with van der Waals surface area (Å²) in [4.78, 5) is 0. The molecule has 0 atom stereocenters. The van der Waals surface area contributed by atoms with Crippen molar-refractivity contribution in [3.8, 4) is 5.88 Å². The monoisotopic (exact) mass is 209 g/mol. The third kappa shape index (κ3) is 1.94. The molecule has 1 heterocycles. The second-order valence-corrected chi connectivity index (χ2v) is 4.20. The van der Waals surface area contributed by atoms with Gasteiger partial charge in [-0.15, -0.1) is 0 Å². The molecule has 15 heavy (non-hydrogen) atoms. The highest BCUT2D eigenvalue weighted by molar-refractivity contribution is 5.52. The van der Waals surface area contributed by atoms with Crippen LogP contribution in [0.3, 0.4) is 0 Å². The Morgan fingerprint density at radius 1 is 1.53 bits per heavy atom. The Kier molecular flexibility index (Phi) is 2.84. The summed E-state index contributed by atoms with van der Waals surface area (Å²) in [5.41, 5.74) is 7.53. The van der Waals surface area contributed by atoms with Gasteiger partial charge in [0.15, 0.2) is 0 Å². The summed E-state index contributed by atoms with van der Waals surface area (Å²) in [6, 6.07) is 0. The van der Waals surface area contributed by atoms with Gasteiger partial charge in [-0.3, -0.25) is 0 Å². The molecule has 1 aliphatic rings. The average molecular weight is 209 g/mol. The first kappa shape index (κ1) is 10.3. The van der Waals surface area contributed by atoms with Gasteiger partial charge in [0, 0.05) is 6.54 Å². The molecule has 1 aliphatic carbocycles. The van der Waals surface area contributed by atoms with Crippen LogP contribution in [0.25, 0.3) is 0 Å². The smallest absolute Gasteiger partial charge is 0.236 e. The van der Waals surface area contributed by atoms with Gasteiger partial charge in [-0.25, -0.2) is 4.68 Å². The van der Waals surface area contributed by atoms with Crippen molar-refractivity contribution in [2.24, 2.45) is 0 Å². The molecular weight excluding hydrogens is 190 g/mol. The molecule has 4 nitrogen and oxygen atoms in total. The number of rotatable bonds is 4. The number of hydrogen-bond acceptors (Lipinski definition) is 3. The molecular formula is C11H19N3O. The van der Waals surface area contributed by atoms with E-state index in [1.165, 1.54) is 6.42 Å². The van der Waals surface area contributed by atoms with E-state index in [1.54, 1.807) is 0 Å². The van der Waals surface area contributed by atoms with E-state index in [0.29, 0.717) is 11.8 Å². The minimum atomic E-state index is 0.360. The van der Waals surface area contributed by atoms with Crippen LogP contribution in [-0.2, 0) is 6.54 Å². The number of aryl methyl sites for hydroxylation is 2. The maximum absolute atomic E-state index is 5.95. The number of nitrogen functional groups attached to an aromatic ring is 1. The molecule has 1 fully saturated rings. The van der Waals surface area contributed by atoms with Crippen LogP contribution in [0.4, 0.5) is 5.69 Å². The molecule has 0 radical (unpaired) electrons. The van der Waals surface area contributed by atoms with E-state index in [2.05, 4.69) is 12.0 Å². The van der Waals surface area contributed by atoms with Crippen LogP contribution in [0.2, 0.25) is 0 Å². The predicted molar refractivity (Wildman–Crippen MR) is 59.9 cm³/mol. The lowest BCUT2D eigenvalue weighted by Crippen LogP contribution is -2.26. The molecule has 84 valence electrons. The Labute approximate surface area is 90.4 Å². The highest BCUT2D eigenvalue weighted by atomic mass is 16.5. The van der Waals surface area contributed by atoms with E-state index in [9.17, 15) is 0 Å². The highest BCUT2D eigenvalue weighted by Crippen LogP contribution is 2.31. The molecule has 0 bridgehead atoms. The zero-order valence-electron chi connectivity index (χ0n) is 9.49. The van der Waals surface area contributed by atoms with Crippen LogP contribution in [0, 0.1) is 6.92 Å². The molecule has 2 rings (SSSR count). The number of hydrogen-bond donors (Lipinski definition) is 1. The zero-order valence-corrected chi connectivity index (χ0v) is 9.49. The Hall–Kier alpha value is -1.19. The Morgan fingerprint density at radius 2 is 2.27 bits per heavy atom. The summed E-state index contributed by atoms with van der Waals surface area (Å²) in [5.74, 6) is 0.777. The SMILES string of the molecule is CCCn1nc(C)c(N)c1OC1CCC1. The van der Waals surface area contributed by atoms with Gasteiger partial charge in [0.25, 0.3) is 0 Å². The number of nitrogens with two attached hydrogens (primary N) is 1. The van der Waals surface area contributed by atoms with E-state index in [0.717, 1.165) is 37.4 Å². The fourth-order valence-corrected chi connectivity index (χ4v) is 1.71. The average Bonchev–Trinajstić information content (AvgIpc) is 2.38. The maximum atomic E-state index is 5.95. The lowest BCUT2D eigenvalue weighted by Gasteiger charge is -2.26. The number of nitrogens with zero attached hydrogens (tertiary/aromatic N) is 2. The fraction of sp³-hybridized carbons (Fsp3) is 0.727. The largest absolute Gasteiger partial charge is 0.473 e. The van der Waals surface area contributed by atoms with Gasteiger partial charge in [0.1, 0.15) is 11.8 Å². The summed E-state index contributed by atoms with van der Waals surface area (Å²) in [6.07, 6.45) is 4.97. The minimum Gasteiger partial charge on any atom is -0.473 e. The fourth-order valence-electron chi connectivity index (χ4n) is 1.71. The van der Waals surface area contributed by atoms with Crippen LogP contribution < -0.4 is 10.5 Å². The molecule has 2 N–H and O–H groups in total. The molecule has 1 aromatic rings. The third-order valence-corrected chi connectivity index (χ3v) is 2.89. The van der Waals surface area contributed by atoms with Gasteiger partial charge >= 0.3 is 0 Å². The van der Waals surface area contributed by atoms with Gasteiger partial charge in [-0.2, -0.15) is 5.10 Å². The minimum absolute atomic E-state index is 0.360. The Bertz CT molecular complexity index is 342. The summed E-state index contributed by atoms with van der Waals surface area (Å²) in [7, 11) is 0. The molecule has 0 aromatic carbocycles. The first-order valence-electron chi connectivity index (χ1n) is 5.72. The van der Waals surface area contributed by atoms with Crippen molar-refractivity contribution in [1.29, 1.82) is 0 Å². The summed E-state index contributed by atoms with van der Waals surface area (Å²) in [5, 5.41) is 4.38. The topological polar surface area (TPSA) is 53.1 Å². The first-order valence-corrected chi connectivity index (χ1v) is 5.72. The molecule has 0 spiro atoms. The standard InChI is InChI=1S/C11H19N3O/c1-3-7-14-11(10(12)8(2)13-14)15-9-5-4-6-9/h9H,3-7,12H2,1-2H3. The normalized spacial score (nSPS) is 16.4. The van der Waals surface area contributed by atoms with Crippen molar-refractivity contribution in [3.63, 3.8) is 0 Å². The van der Waals surface area contributed by atoms with E-state index in [-0.39, 0.29) is 0 Å². The lowest BCUT2D eigenvalue weighted by atomic mass is 9.96. The van der Waals surface area contributed by atoms with E-state index >= 15 is 0 Å². The van der Waals surface area contributed by atoms with Crippen molar-refractivity contribution in [3.05, 3.63) is 5.69 Å². The number of anilines is 1. The zero-order chi connectivity index (χ0) is 10.8. The molecule has 0 amide bonds. The van der Waals surface area contributed by atoms with E-state index in [1.807, 2.05) is 11.6 Å². The Balaban J connectivity index is 2.17. The van der Waals surface area contributed by atoms with Gasteiger partial charge < -0.3 is 10.5 Å². The third-order valence-electron chi connectivity index (χ3n) is 2.89. The van der Waals surface area contributed by atoms with Gasteiger partial charge in [-0.05, 0) is 32.6 Å². The summed E-state index contributed by atoms with van der Waals surface area (Å²) >= 11 is 0. The lowest BCUT2D eigenvalue weighted by molar-refractivity contribution is 0.108. The second-order valence-electron chi connectivity index (χ2n) is 4.20. The molecule has 4 heteroatoms. The second kappa shape index (κ2) is 4.13. The van der Waals surface area contributed by atoms with Gasteiger partial charge in [0.05, 0.1) is 5.69 Å². The molecule has 0 aliphatic heterocycles. The quantitative estimate of drug-likeness (QED) is 0.826. The van der Waals surface area contributed by atoms with Gasteiger partial charge in [0.2, 0.25) is 5.88 Å². The van der Waals surface area contributed by atoms with E-state index in [4.69, 9.17) is 10.5 Å². The predicted octanol–water partition coefficient (Wildman–Crippen LogP) is 2.12.